The number of nitrogens with zero attached hydrogens (tertiary/aromatic N) is 2. The minimum absolute atomic E-state index is 0.0134. The molecule has 2 aromatic rings. The summed E-state index contributed by atoms with van der Waals surface area (Å²) >= 11 is 0. The van der Waals surface area contributed by atoms with E-state index >= 15 is 0 Å². The highest BCUT2D eigenvalue weighted by Crippen LogP contribution is 2.39. The molecule has 0 bridgehead atoms. The van der Waals surface area contributed by atoms with Gasteiger partial charge in [0.15, 0.2) is 0 Å². The van der Waals surface area contributed by atoms with Crippen molar-refractivity contribution in [1.82, 2.24) is 9.55 Å². The second kappa shape index (κ2) is 8.05. The molecular formula is C19H23N3O2S2. The van der Waals surface area contributed by atoms with Crippen LogP contribution < -0.4 is 10.9 Å². The van der Waals surface area contributed by atoms with Gasteiger partial charge in [0.1, 0.15) is 0 Å². The summed E-state index contributed by atoms with van der Waals surface area (Å²) in [5, 5.41) is 4.27. The molecule has 1 saturated heterocycles. The van der Waals surface area contributed by atoms with Crippen molar-refractivity contribution in [2.24, 2.45) is 0 Å². The van der Waals surface area contributed by atoms with Gasteiger partial charge in [0.25, 0.3) is 5.56 Å². The van der Waals surface area contributed by atoms with Crippen molar-refractivity contribution in [2.75, 3.05) is 11.1 Å². The van der Waals surface area contributed by atoms with Crippen LogP contribution >= 0.6 is 21.6 Å². The molecule has 4 rings (SSSR count). The van der Waals surface area contributed by atoms with Crippen LogP contribution in [0, 0.1) is 0 Å². The van der Waals surface area contributed by atoms with Crippen LogP contribution in [0.5, 0.6) is 0 Å². The number of benzene rings is 1. The third kappa shape index (κ3) is 4.26. The number of hydrogen-bond acceptors (Lipinski definition) is 5. The maximum absolute atomic E-state index is 12.6. The Bertz CT molecular complexity index is 857. The zero-order chi connectivity index (χ0) is 17.9. The van der Waals surface area contributed by atoms with E-state index in [4.69, 9.17) is 0 Å². The summed E-state index contributed by atoms with van der Waals surface area (Å²) in [4.78, 5) is 29.2. The number of unbranched alkanes of at least 4 members (excludes halogenated alkanes) is 1. The quantitative estimate of drug-likeness (QED) is 0.562. The SMILES string of the molecule is O=C(CCCCC1CCSS1)Nc1ccc2ncn(C3CC3)c(=O)c2c1. The van der Waals surface area contributed by atoms with Gasteiger partial charge in [-0.1, -0.05) is 28.0 Å². The van der Waals surface area contributed by atoms with Crippen molar-refractivity contribution in [1.29, 1.82) is 0 Å². The fraction of sp³-hybridized carbons (Fsp3) is 0.526. The van der Waals surface area contributed by atoms with E-state index in [0.29, 0.717) is 29.1 Å². The minimum atomic E-state index is -0.0134. The molecule has 0 radical (unpaired) electrons. The van der Waals surface area contributed by atoms with E-state index in [2.05, 4.69) is 10.3 Å². The fourth-order valence-corrected chi connectivity index (χ4v) is 6.30. The molecule has 2 heterocycles. The summed E-state index contributed by atoms with van der Waals surface area (Å²) < 4.78 is 1.72. The van der Waals surface area contributed by atoms with Crippen LogP contribution in [0.15, 0.2) is 29.3 Å². The van der Waals surface area contributed by atoms with Gasteiger partial charge in [-0.3, -0.25) is 14.2 Å². The molecular weight excluding hydrogens is 366 g/mol. The van der Waals surface area contributed by atoms with Gasteiger partial charge in [-0.05, 0) is 50.3 Å². The second-order valence-electron chi connectivity index (χ2n) is 7.04. The number of fused-ring (bicyclic) bond motifs is 1. The van der Waals surface area contributed by atoms with Crippen LogP contribution in [0.4, 0.5) is 5.69 Å². The van der Waals surface area contributed by atoms with Gasteiger partial charge in [-0.15, -0.1) is 0 Å². The standard InChI is InChI=1S/C19H23N3O2S2/c23-18(4-2-1-3-15-9-10-25-26-15)21-13-5-8-17-16(11-13)19(24)22(12-20-17)14-6-7-14/h5,8,11-12,14-15H,1-4,6-7,9-10H2,(H,21,23). The molecule has 0 spiro atoms. The van der Waals surface area contributed by atoms with E-state index < -0.39 is 0 Å². The minimum Gasteiger partial charge on any atom is -0.326 e. The van der Waals surface area contributed by atoms with Crippen molar-refractivity contribution in [2.45, 2.75) is 56.2 Å². The number of hydrogen-bond donors (Lipinski definition) is 1. The van der Waals surface area contributed by atoms with E-state index in [1.807, 2.05) is 27.7 Å². The Balaban J connectivity index is 1.34. The normalized spacial score (nSPS) is 19.8. The summed E-state index contributed by atoms with van der Waals surface area (Å²) in [5.74, 6) is 1.28. The lowest BCUT2D eigenvalue weighted by Crippen LogP contribution is -2.20. The molecule has 26 heavy (non-hydrogen) atoms. The Labute approximate surface area is 160 Å². The van der Waals surface area contributed by atoms with Gasteiger partial charge in [0.05, 0.1) is 17.2 Å². The topological polar surface area (TPSA) is 64.0 Å². The highest BCUT2D eigenvalue weighted by molar-refractivity contribution is 8.77. The molecule has 1 atom stereocenters. The first-order valence-electron chi connectivity index (χ1n) is 9.30. The summed E-state index contributed by atoms with van der Waals surface area (Å²) in [5.41, 5.74) is 1.34. The average Bonchev–Trinajstić information content (AvgIpc) is 3.35. The molecule has 5 nitrogen and oxygen atoms in total. The first-order valence-corrected chi connectivity index (χ1v) is 11.7. The summed E-state index contributed by atoms with van der Waals surface area (Å²) in [6, 6.07) is 5.68. The number of anilines is 1. The Hall–Kier alpha value is -1.47. The fourth-order valence-electron chi connectivity index (χ4n) is 3.27. The predicted molar refractivity (Wildman–Crippen MR) is 110 cm³/mol. The highest BCUT2D eigenvalue weighted by Gasteiger charge is 2.25. The predicted octanol–water partition coefficient (Wildman–Crippen LogP) is 4.38. The van der Waals surface area contributed by atoms with Crippen molar-refractivity contribution < 1.29 is 4.79 Å². The number of carbonyl (C=O) groups is 1. The lowest BCUT2D eigenvalue weighted by molar-refractivity contribution is -0.116. The molecule has 1 saturated carbocycles. The number of aromatic nitrogens is 2. The van der Waals surface area contributed by atoms with Gasteiger partial charge < -0.3 is 5.32 Å². The number of rotatable bonds is 7. The van der Waals surface area contributed by atoms with Crippen LogP contribution in [0.1, 0.15) is 51.0 Å². The molecule has 1 unspecified atom stereocenters. The van der Waals surface area contributed by atoms with E-state index in [1.54, 1.807) is 23.0 Å². The van der Waals surface area contributed by atoms with Crippen molar-refractivity contribution in [3.8, 4) is 0 Å². The molecule has 2 fully saturated rings. The lowest BCUT2D eigenvalue weighted by atomic mass is 10.1. The Morgan fingerprint density at radius 1 is 1.27 bits per heavy atom. The Morgan fingerprint density at radius 2 is 2.15 bits per heavy atom. The third-order valence-corrected chi connectivity index (χ3v) is 7.92. The van der Waals surface area contributed by atoms with Crippen LogP contribution in [-0.4, -0.2) is 26.5 Å². The van der Waals surface area contributed by atoms with Gasteiger partial charge in [-0.2, -0.15) is 0 Å². The van der Waals surface area contributed by atoms with Crippen LogP contribution in [-0.2, 0) is 4.79 Å². The van der Waals surface area contributed by atoms with Gasteiger partial charge in [0, 0.05) is 29.2 Å². The van der Waals surface area contributed by atoms with Gasteiger partial charge in [-0.25, -0.2) is 4.98 Å². The van der Waals surface area contributed by atoms with Crippen molar-refractivity contribution in [3.05, 3.63) is 34.9 Å². The first-order chi connectivity index (χ1) is 12.7. The molecule has 1 aliphatic carbocycles. The maximum Gasteiger partial charge on any atom is 0.261 e. The molecule has 138 valence electrons. The molecule has 2 aliphatic rings. The molecule has 1 aromatic heterocycles. The monoisotopic (exact) mass is 389 g/mol. The van der Waals surface area contributed by atoms with Crippen molar-refractivity contribution >= 4 is 44.1 Å². The zero-order valence-corrected chi connectivity index (χ0v) is 16.3. The first kappa shape index (κ1) is 17.9. The van der Waals surface area contributed by atoms with Gasteiger partial charge in [0.2, 0.25) is 5.91 Å². The zero-order valence-electron chi connectivity index (χ0n) is 14.6. The Morgan fingerprint density at radius 3 is 2.92 bits per heavy atom. The molecule has 1 aliphatic heterocycles. The number of carbonyl (C=O) groups excluding carboxylic acids is 1. The summed E-state index contributed by atoms with van der Waals surface area (Å²) in [6.45, 7) is 0. The lowest BCUT2D eigenvalue weighted by Gasteiger charge is -2.09. The van der Waals surface area contributed by atoms with Gasteiger partial charge >= 0.3 is 0 Å². The smallest absolute Gasteiger partial charge is 0.261 e. The Kier molecular flexibility index (Phi) is 5.55. The summed E-state index contributed by atoms with van der Waals surface area (Å²) in [6.07, 6.45) is 8.77. The van der Waals surface area contributed by atoms with Crippen molar-refractivity contribution in [3.63, 3.8) is 0 Å². The van der Waals surface area contributed by atoms with E-state index in [9.17, 15) is 9.59 Å². The average molecular weight is 390 g/mol. The third-order valence-electron chi connectivity index (χ3n) is 4.91. The van der Waals surface area contributed by atoms with Crippen LogP contribution in [0.3, 0.4) is 0 Å². The molecule has 1 amide bonds. The van der Waals surface area contributed by atoms with E-state index in [-0.39, 0.29) is 11.5 Å². The van der Waals surface area contributed by atoms with E-state index in [0.717, 1.165) is 30.9 Å². The van der Waals surface area contributed by atoms with Crippen LogP contribution in [0.2, 0.25) is 0 Å². The number of nitrogens with one attached hydrogen (secondary N) is 1. The highest BCUT2D eigenvalue weighted by atomic mass is 33.1. The van der Waals surface area contributed by atoms with E-state index in [1.165, 1.54) is 18.6 Å². The molecule has 1 aromatic carbocycles. The second-order valence-corrected chi connectivity index (χ2v) is 9.83. The number of amides is 1. The molecule has 7 heteroatoms. The largest absolute Gasteiger partial charge is 0.326 e. The van der Waals surface area contributed by atoms with Crippen LogP contribution in [0.25, 0.3) is 10.9 Å². The maximum atomic E-state index is 12.6. The molecule has 1 N–H and O–H groups in total. The summed E-state index contributed by atoms with van der Waals surface area (Å²) in [7, 11) is 3.95.